The smallest absolute Gasteiger partial charge is 0.410 e. The Morgan fingerprint density at radius 3 is 2.46 bits per heavy atom. The number of hydrogen-bond acceptors (Lipinski definition) is 4. The number of hydrogen-bond donors (Lipinski definition) is 0. The fraction of sp³-hybridized carbons (Fsp3) is 0.588. The molecule has 0 radical (unpaired) electrons. The maximum Gasteiger partial charge on any atom is 0.410 e. The summed E-state index contributed by atoms with van der Waals surface area (Å²) in [6, 6.07) is 4.40. The SMILES string of the molecule is C[C@@H]1CN(C(=O)OC(C)(C)C)CCN1S(=O)(=O)Cc1ccc(Cl)cc1Cl. The number of benzene rings is 1. The molecule has 0 bridgehead atoms. The molecule has 0 N–H and O–H groups in total. The van der Waals surface area contributed by atoms with Crippen molar-refractivity contribution in [1.82, 2.24) is 9.21 Å². The molecule has 1 amide bonds. The molecule has 146 valence electrons. The Balaban J connectivity index is 2.07. The summed E-state index contributed by atoms with van der Waals surface area (Å²) in [7, 11) is -3.58. The van der Waals surface area contributed by atoms with Crippen molar-refractivity contribution in [2.45, 2.75) is 45.1 Å². The molecule has 1 saturated heterocycles. The van der Waals surface area contributed by atoms with Gasteiger partial charge < -0.3 is 9.64 Å². The predicted molar refractivity (Wildman–Crippen MR) is 103 cm³/mol. The molecule has 26 heavy (non-hydrogen) atoms. The van der Waals surface area contributed by atoms with Crippen LogP contribution in [0.4, 0.5) is 4.79 Å². The summed E-state index contributed by atoms with van der Waals surface area (Å²) in [5.41, 5.74) is -0.0904. The Morgan fingerprint density at radius 2 is 1.92 bits per heavy atom. The van der Waals surface area contributed by atoms with Crippen molar-refractivity contribution < 1.29 is 17.9 Å². The molecule has 1 aromatic carbocycles. The average Bonchev–Trinajstić information content (AvgIpc) is 2.48. The summed E-state index contributed by atoms with van der Waals surface area (Å²) in [5.74, 6) is -0.209. The normalized spacial score (nSPS) is 19.5. The first kappa shape index (κ1) is 21.3. The molecule has 2 rings (SSSR count). The summed E-state index contributed by atoms with van der Waals surface area (Å²) in [4.78, 5) is 13.7. The number of sulfonamides is 1. The summed E-state index contributed by atoms with van der Waals surface area (Å²) in [5, 5.41) is 0.775. The second kappa shape index (κ2) is 7.92. The number of carbonyl (C=O) groups excluding carboxylic acids is 1. The van der Waals surface area contributed by atoms with Crippen LogP contribution in [-0.2, 0) is 20.5 Å². The number of rotatable bonds is 3. The van der Waals surface area contributed by atoms with E-state index in [0.29, 0.717) is 15.6 Å². The summed E-state index contributed by atoms with van der Waals surface area (Å²) < 4.78 is 32.4. The molecule has 1 atom stereocenters. The summed E-state index contributed by atoms with van der Waals surface area (Å²) in [6.07, 6.45) is -0.429. The minimum Gasteiger partial charge on any atom is -0.444 e. The molecule has 9 heteroatoms. The molecule has 1 aromatic rings. The molecule has 1 heterocycles. The van der Waals surface area contributed by atoms with E-state index in [9.17, 15) is 13.2 Å². The highest BCUT2D eigenvalue weighted by molar-refractivity contribution is 7.88. The lowest BCUT2D eigenvalue weighted by atomic mass is 10.2. The van der Waals surface area contributed by atoms with Crippen molar-refractivity contribution in [3.63, 3.8) is 0 Å². The first-order valence-electron chi connectivity index (χ1n) is 8.30. The number of piperazine rings is 1. The Kier molecular flexibility index (Phi) is 6.48. The standard InChI is InChI=1S/C17H24Cl2N2O4S/c1-12-10-20(16(22)25-17(2,3)4)7-8-21(12)26(23,24)11-13-5-6-14(18)9-15(13)19/h5-6,9,12H,7-8,10-11H2,1-4H3/t12-/m1/s1. The monoisotopic (exact) mass is 422 g/mol. The highest BCUT2D eigenvalue weighted by atomic mass is 35.5. The highest BCUT2D eigenvalue weighted by Crippen LogP contribution is 2.25. The van der Waals surface area contributed by atoms with E-state index in [2.05, 4.69) is 0 Å². The van der Waals surface area contributed by atoms with Gasteiger partial charge in [0.05, 0.1) is 5.75 Å². The van der Waals surface area contributed by atoms with Crippen molar-refractivity contribution in [3.8, 4) is 0 Å². The van der Waals surface area contributed by atoms with Gasteiger partial charge in [-0.25, -0.2) is 13.2 Å². The Labute approximate surface area is 165 Å². The zero-order chi connectivity index (χ0) is 19.7. The van der Waals surface area contributed by atoms with Crippen LogP contribution in [0.2, 0.25) is 10.0 Å². The maximum atomic E-state index is 12.8. The van der Waals surface area contributed by atoms with Gasteiger partial charge in [0, 0.05) is 35.7 Å². The van der Waals surface area contributed by atoms with Crippen LogP contribution in [0.1, 0.15) is 33.3 Å². The van der Waals surface area contributed by atoms with Crippen molar-refractivity contribution in [2.75, 3.05) is 19.6 Å². The van der Waals surface area contributed by atoms with E-state index < -0.39 is 21.7 Å². The molecule has 0 saturated carbocycles. The lowest BCUT2D eigenvalue weighted by Gasteiger charge is -2.39. The number of amides is 1. The molecule has 1 aliphatic rings. The summed E-state index contributed by atoms with van der Waals surface area (Å²) >= 11 is 12.0. The van der Waals surface area contributed by atoms with E-state index >= 15 is 0 Å². The molecule has 1 aliphatic heterocycles. The van der Waals surface area contributed by atoms with Gasteiger partial charge >= 0.3 is 6.09 Å². The van der Waals surface area contributed by atoms with Gasteiger partial charge in [0.2, 0.25) is 10.0 Å². The first-order chi connectivity index (χ1) is 11.9. The van der Waals surface area contributed by atoms with E-state index in [1.165, 1.54) is 15.3 Å². The molecule has 0 unspecified atom stereocenters. The van der Waals surface area contributed by atoms with Crippen molar-refractivity contribution >= 4 is 39.3 Å². The fourth-order valence-corrected chi connectivity index (χ4v) is 5.10. The van der Waals surface area contributed by atoms with Gasteiger partial charge in [-0.05, 0) is 45.4 Å². The van der Waals surface area contributed by atoms with Gasteiger partial charge in [-0.15, -0.1) is 0 Å². The number of carbonyl (C=O) groups is 1. The zero-order valence-electron chi connectivity index (χ0n) is 15.3. The molecular formula is C17H24Cl2N2O4S. The van der Waals surface area contributed by atoms with Crippen molar-refractivity contribution in [2.24, 2.45) is 0 Å². The Morgan fingerprint density at radius 1 is 1.27 bits per heavy atom. The molecule has 6 nitrogen and oxygen atoms in total. The molecule has 1 fully saturated rings. The third kappa shape index (κ3) is 5.49. The quantitative estimate of drug-likeness (QED) is 0.743. The second-order valence-electron chi connectivity index (χ2n) is 7.38. The van der Waals surface area contributed by atoms with Crippen molar-refractivity contribution in [1.29, 1.82) is 0 Å². The topological polar surface area (TPSA) is 66.9 Å². The Bertz CT molecular complexity index is 777. The number of halogens is 2. The van der Waals surface area contributed by atoms with Gasteiger partial charge in [0.15, 0.2) is 0 Å². The predicted octanol–water partition coefficient (Wildman–Crippen LogP) is 3.76. The van der Waals surface area contributed by atoms with Gasteiger partial charge in [-0.3, -0.25) is 0 Å². The van der Waals surface area contributed by atoms with E-state index in [1.54, 1.807) is 39.8 Å². The van der Waals surface area contributed by atoms with E-state index in [-0.39, 0.29) is 31.4 Å². The first-order valence-corrected chi connectivity index (χ1v) is 10.7. The average molecular weight is 423 g/mol. The Hall–Kier alpha value is -1.02. The van der Waals surface area contributed by atoms with Gasteiger partial charge in [-0.2, -0.15) is 4.31 Å². The van der Waals surface area contributed by atoms with Crippen molar-refractivity contribution in [3.05, 3.63) is 33.8 Å². The minimum atomic E-state index is -3.58. The van der Waals surface area contributed by atoms with Crippen LogP contribution in [0, 0.1) is 0 Å². The van der Waals surface area contributed by atoms with Crippen LogP contribution in [0.5, 0.6) is 0 Å². The number of ether oxygens (including phenoxy) is 1. The van der Waals surface area contributed by atoms with Crippen LogP contribution in [0.25, 0.3) is 0 Å². The minimum absolute atomic E-state index is 0.209. The van der Waals surface area contributed by atoms with Crippen LogP contribution in [0.3, 0.4) is 0 Å². The lowest BCUT2D eigenvalue weighted by Crippen LogP contribution is -2.56. The molecule has 0 aromatic heterocycles. The van der Waals surface area contributed by atoms with E-state index in [0.717, 1.165) is 0 Å². The van der Waals surface area contributed by atoms with Crippen LogP contribution < -0.4 is 0 Å². The third-order valence-corrected chi connectivity index (χ3v) is 6.45. The molecular weight excluding hydrogens is 399 g/mol. The van der Waals surface area contributed by atoms with Crippen LogP contribution in [-0.4, -0.2) is 55.0 Å². The maximum absolute atomic E-state index is 12.8. The largest absolute Gasteiger partial charge is 0.444 e. The van der Waals surface area contributed by atoms with Gasteiger partial charge in [-0.1, -0.05) is 29.3 Å². The zero-order valence-corrected chi connectivity index (χ0v) is 17.7. The van der Waals surface area contributed by atoms with Crippen LogP contribution in [0.15, 0.2) is 18.2 Å². The third-order valence-electron chi connectivity index (χ3n) is 3.93. The lowest BCUT2D eigenvalue weighted by molar-refractivity contribution is 0.0143. The molecule has 0 aliphatic carbocycles. The van der Waals surface area contributed by atoms with E-state index in [4.69, 9.17) is 27.9 Å². The number of nitrogens with zero attached hydrogens (tertiary/aromatic N) is 2. The van der Waals surface area contributed by atoms with Gasteiger partial charge in [0.1, 0.15) is 5.60 Å². The fourth-order valence-electron chi connectivity index (χ4n) is 2.76. The van der Waals surface area contributed by atoms with Crippen LogP contribution >= 0.6 is 23.2 Å². The van der Waals surface area contributed by atoms with E-state index in [1.807, 2.05) is 0 Å². The van der Waals surface area contributed by atoms with Gasteiger partial charge in [0.25, 0.3) is 0 Å². The summed E-state index contributed by atoms with van der Waals surface area (Å²) in [6.45, 7) is 7.95. The second-order valence-corrected chi connectivity index (χ2v) is 10.1. The highest BCUT2D eigenvalue weighted by Gasteiger charge is 2.35. The molecule has 0 spiro atoms.